The molecule has 3 saturated carbocycles. The van der Waals surface area contributed by atoms with Gasteiger partial charge >= 0.3 is 0 Å². The van der Waals surface area contributed by atoms with Crippen LogP contribution < -0.4 is 0 Å². The van der Waals surface area contributed by atoms with Crippen molar-refractivity contribution in [2.75, 3.05) is 0 Å². The molecule has 27 heavy (non-hydrogen) atoms. The molecule has 0 spiro atoms. The van der Waals surface area contributed by atoms with Crippen LogP contribution >= 0.6 is 15.9 Å². The molecule has 4 heteroatoms. The highest BCUT2D eigenvalue weighted by atomic mass is 79.9. The second kappa shape index (κ2) is 5.92. The van der Waals surface area contributed by atoms with Crippen LogP contribution in [0.4, 0.5) is 0 Å². The number of fused-ring (bicyclic) bond motifs is 4. The van der Waals surface area contributed by atoms with Crippen molar-refractivity contribution in [3.05, 3.63) is 64.0 Å². The third-order valence-electron chi connectivity index (χ3n) is 7.23. The summed E-state index contributed by atoms with van der Waals surface area (Å²) in [5.74, 6) is 1.86. The second-order valence-corrected chi connectivity index (χ2v) is 9.68. The number of aromatic amines is 1. The summed E-state index contributed by atoms with van der Waals surface area (Å²) in [4.78, 5) is 11.5. The number of rotatable bonds is 2. The minimum atomic E-state index is 0.230. The van der Waals surface area contributed by atoms with Crippen molar-refractivity contribution in [3.8, 4) is 0 Å². The van der Waals surface area contributed by atoms with Gasteiger partial charge < -0.3 is 4.98 Å². The first kappa shape index (κ1) is 16.3. The van der Waals surface area contributed by atoms with Gasteiger partial charge in [0.05, 0.1) is 11.7 Å². The molecule has 138 valence electrons. The Hall–Kier alpha value is -1.65. The van der Waals surface area contributed by atoms with Crippen molar-refractivity contribution in [3.63, 3.8) is 0 Å². The average molecular weight is 422 g/mol. The van der Waals surface area contributed by atoms with Crippen molar-refractivity contribution in [1.29, 1.82) is 0 Å². The minimum Gasteiger partial charge on any atom is -0.357 e. The molecule has 3 heterocycles. The van der Waals surface area contributed by atoms with Gasteiger partial charge in [0, 0.05) is 39.4 Å². The minimum absolute atomic E-state index is 0.230. The Morgan fingerprint density at radius 3 is 2.70 bits per heavy atom. The first-order valence-electron chi connectivity index (χ1n) is 10.2. The number of para-hydroxylation sites is 1. The first-order chi connectivity index (χ1) is 13.2. The van der Waals surface area contributed by atoms with Crippen molar-refractivity contribution in [1.82, 2.24) is 14.9 Å². The van der Waals surface area contributed by atoms with Crippen molar-refractivity contribution in [2.24, 2.45) is 11.8 Å². The van der Waals surface area contributed by atoms with Gasteiger partial charge in [0.25, 0.3) is 0 Å². The van der Waals surface area contributed by atoms with Crippen LogP contribution in [0.15, 0.2) is 47.1 Å². The molecule has 3 aromatic rings. The molecule has 3 fully saturated rings. The Balaban J connectivity index is 1.54. The summed E-state index contributed by atoms with van der Waals surface area (Å²) in [7, 11) is 0. The third-order valence-corrected chi connectivity index (χ3v) is 7.70. The molecule has 0 radical (unpaired) electrons. The van der Waals surface area contributed by atoms with Gasteiger partial charge in [-0.2, -0.15) is 0 Å². The molecule has 3 atom stereocenters. The quantitative estimate of drug-likeness (QED) is 0.595. The average Bonchev–Trinajstić information content (AvgIpc) is 3.33. The number of hydrogen-bond donors (Lipinski definition) is 1. The van der Waals surface area contributed by atoms with Crippen LogP contribution in [-0.4, -0.2) is 27.0 Å². The Morgan fingerprint density at radius 1 is 1.11 bits per heavy atom. The summed E-state index contributed by atoms with van der Waals surface area (Å²) < 4.78 is 1.04. The molecule has 3 aliphatic carbocycles. The Bertz CT molecular complexity index is 1000. The normalized spacial score (nSPS) is 32.4. The number of benzene rings is 1. The molecule has 1 aliphatic heterocycles. The molecule has 7 rings (SSSR count). The number of hydrogen-bond acceptors (Lipinski definition) is 2. The van der Waals surface area contributed by atoms with E-state index in [0.717, 1.165) is 22.7 Å². The van der Waals surface area contributed by atoms with Crippen LogP contribution in [-0.2, 0) is 6.42 Å². The molecule has 2 aromatic heterocycles. The molecule has 0 saturated heterocycles. The van der Waals surface area contributed by atoms with Crippen molar-refractivity contribution >= 4 is 26.8 Å². The van der Waals surface area contributed by atoms with E-state index in [9.17, 15) is 0 Å². The highest BCUT2D eigenvalue weighted by Crippen LogP contribution is 2.54. The lowest BCUT2D eigenvalue weighted by Crippen LogP contribution is -2.49. The molecule has 3 nitrogen and oxygen atoms in total. The summed E-state index contributed by atoms with van der Waals surface area (Å²) in [5, 5.41) is 1.39. The van der Waals surface area contributed by atoms with Crippen LogP contribution in [0, 0.1) is 11.8 Å². The molecule has 2 bridgehead atoms. The summed E-state index contributed by atoms with van der Waals surface area (Å²) in [6.07, 6.45) is 7.32. The monoisotopic (exact) mass is 421 g/mol. The van der Waals surface area contributed by atoms with E-state index in [2.05, 4.69) is 69.1 Å². The molecule has 4 aliphatic rings. The lowest BCUT2D eigenvalue weighted by atomic mass is 9.82. The van der Waals surface area contributed by atoms with E-state index in [0.29, 0.717) is 12.1 Å². The third kappa shape index (κ3) is 2.39. The largest absolute Gasteiger partial charge is 0.357 e. The van der Waals surface area contributed by atoms with Gasteiger partial charge in [-0.05, 0) is 84.1 Å². The number of aromatic nitrogens is 2. The van der Waals surface area contributed by atoms with Crippen molar-refractivity contribution < 1.29 is 0 Å². The Kier molecular flexibility index (Phi) is 3.58. The fraction of sp³-hybridized carbons (Fsp3) is 0.435. The van der Waals surface area contributed by atoms with Gasteiger partial charge in [0.15, 0.2) is 0 Å². The Labute approximate surface area is 168 Å². The molecule has 0 amide bonds. The van der Waals surface area contributed by atoms with E-state index in [1.165, 1.54) is 47.1 Å². The van der Waals surface area contributed by atoms with Crippen LogP contribution in [0.25, 0.3) is 10.9 Å². The van der Waals surface area contributed by atoms with Crippen LogP contribution in [0.5, 0.6) is 0 Å². The fourth-order valence-electron chi connectivity index (χ4n) is 6.04. The maximum Gasteiger partial charge on any atom is 0.0935 e. The SMILES string of the molecule is C[C@@H]1Cc2c([nH]c3ccccc23)[C@@H](c2ccc(Br)cn2)N1C1CC2CC1C2. The maximum absolute atomic E-state index is 4.86. The van der Waals surface area contributed by atoms with Gasteiger partial charge in [0.2, 0.25) is 0 Å². The van der Waals surface area contributed by atoms with Gasteiger partial charge in [-0.15, -0.1) is 0 Å². The van der Waals surface area contributed by atoms with Crippen LogP contribution in [0.1, 0.15) is 49.2 Å². The lowest BCUT2D eigenvalue weighted by molar-refractivity contribution is 0.0694. The summed E-state index contributed by atoms with van der Waals surface area (Å²) in [5.41, 5.74) is 5.29. The standard InChI is InChI=1S/C23H24BrN3/c1-13-8-18-17-4-2-3-5-19(17)26-22(18)23(20-7-6-16(24)12-25-20)27(13)21-11-14-9-15(21)10-14/h2-7,12-15,21,23,26H,8-11H2,1H3/t13-,14?,15?,21?,23-/m1/s1. The molecular weight excluding hydrogens is 398 g/mol. The molecule has 1 unspecified atom stereocenters. The number of pyridine rings is 1. The highest BCUT2D eigenvalue weighted by Gasteiger charge is 2.51. The zero-order valence-electron chi connectivity index (χ0n) is 15.5. The topological polar surface area (TPSA) is 31.9 Å². The van der Waals surface area contributed by atoms with Gasteiger partial charge in [0.1, 0.15) is 0 Å². The van der Waals surface area contributed by atoms with E-state index in [-0.39, 0.29) is 6.04 Å². The van der Waals surface area contributed by atoms with Gasteiger partial charge in [-0.3, -0.25) is 9.88 Å². The highest BCUT2D eigenvalue weighted by molar-refractivity contribution is 9.10. The summed E-state index contributed by atoms with van der Waals surface area (Å²) >= 11 is 3.55. The van der Waals surface area contributed by atoms with E-state index in [1.54, 1.807) is 0 Å². The van der Waals surface area contributed by atoms with E-state index in [1.807, 2.05) is 6.20 Å². The van der Waals surface area contributed by atoms with E-state index >= 15 is 0 Å². The van der Waals surface area contributed by atoms with Gasteiger partial charge in [-0.1, -0.05) is 18.2 Å². The lowest BCUT2D eigenvalue weighted by Gasteiger charge is -2.45. The second-order valence-electron chi connectivity index (χ2n) is 8.77. The molecule has 1 aromatic carbocycles. The zero-order chi connectivity index (χ0) is 18.1. The van der Waals surface area contributed by atoms with Crippen LogP contribution in [0.3, 0.4) is 0 Å². The molecular formula is C23H24BrN3. The Morgan fingerprint density at radius 2 is 1.96 bits per heavy atom. The summed E-state index contributed by atoms with van der Waals surface area (Å²) in [6.45, 7) is 2.42. The van der Waals surface area contributed by atoms with Crippen LogP contribution in [0.2, 0.25) is 0 Å². The number of H-pyrrole nitrogens is 1. The zero-order valence-corrected chi connectivity index (χ0v) is 17.1. The van der Waals surface area contributed by atoms with E-state index < -0.39 is 0 Å². The first-order valence-corrected chi connectivity index (χ1v) is 11.0. The number of halogens is 1. The smallest absolute Gasteiger partial charge is 0.0935 e. The van der Waals surface area contributed by atoms with Gasteiger partial charge in [-0.25, -0.2) is 0 Å². The molecule has 1 N–H and O–H groups in total. The maximum atomic E-state index is 4.86. The fourth-order valence-corrected chi connectivity index (χ4v) is 6.27. The summed E-state index contributed by atoms with van der Waals surface area (Å²) in [6, 6.07) is 14.6. The van der Waals surface area contributed by atoms with Crippen molar-refractivity contribution in [2.45, 2.75) is 50.7 Å². The predicted octanol–water partition coefficient (Wildman–Crippen LogP) is 5.46. The van der Waals surface area contributed by atoms with E-state index in [4.69, 9.17) is 4.98 Å². The number of nitrogens with zero attached hydrogens (tertiary/aromatic N) is 2. The number of nitrogens with one attached hydrogen (secondary N) is 1. The predicted molar refractivity (Wildman–Crippen MR) is 112 cm³/mol.